The van der Waals surface area contributed by atoms with Gasteiger partial charge >= 0.3 is 0 Å². The number of hydrogen-bond acceptors (Lipinski definition) is 5. The van der Waals surface area contributed by atoms with Gasteiger partial charge in [0.25, 0.3) is 5.69 Å². The smallest absolute Gasteiger partial charge is 0.269 e. The van der Waals surface area contributed by atoms with Gasteiger partial charge in [-0.15, -0.1) is 11.3 Å². The molecule has 0 spiro atoms. The van der Waals surface area contributed by atoms with E-state index in [0.29, 0.717) is 12.1 Å². The molecule has 6 nitrogen and oxygen atoms in total. The Labute approximate surface area is 143 Å². The molecular weight excluding hydrogens is 328 g/mol. The Morgan fingerprint density at radius 2 is 2.04 bits per heavy atom. The maximum Gasteiger partial charge on any atom is 0.269 e. The molecule has 1 unspecified atom stereocenters. The molecule has 126 valence electrons. The van der Waals surface area contributed by atoms with Crippen LogP contribution >= 0.6 is 11.3 Å². The number of rotatable bonds is 7. The Kier molecular flexibility index (Phi) is 6.22. The third-order valence-corrected chi connectivity index (χ3v) is 4.45. The maximum atomic E-state index is 11.9. The Bertz CT molecular complexity index is 737. The van der Waals surface area contributed by atoms with E-state index < -0.39 is 4.92 Å². The molecule has 0 aliphatic rings. The van der Waals surface area contributed by atoms with Crippen molar-refractivity contribution in [3.05, 3.63) is 67.9 Å². The molecule has 1 aromatic carbocycles. The van der Waals surface area contributed by atoms with Crippen molar-refractivity contribution >= 4 is 29.0 Å². The summed E-state index contributed by atoms with van der Waals surface area (Å²) in [5.41, 5.74) is 0.735. The van der Waals surface area contributed by atoms with Crippen LogP contribution in [-0.2, 0) is 9.53 Å². The van der Waals surface area contributed by atoms with E-state index >= 15 is 0 Å². The standard InChI is InChI=1S/C17H18N2O4S/c1-12-3-9-16(24-12)15(23-2)11-18-17(20)10-6-13-4-7-14(8-5-13)19(21)22/h3-10,15H,11H2,1-2H3,(H,18,20)/b10-6+. The summed E-state index contributed by atoms with van der Waals surface area (Å²) in [5.74, 6) is -0.247. The molecule has 0 bridgehead atoms. The molecule has 1 heterocycles. The number of thiophene rings is 1. The van der Waals surface area contributed by atoms with Crippen LogP contribution in [0.1, 0.15) is 21.4 Å². The van der Waals surface area contributed by atoms with Crippen LogP contribution in [-0.4, -0.2) is 24.5 Å². The number of carbonyl (C=O) groups is 1. The van der Waals surface area contributed by atoms with Crippen LogP contribution in [0.2, 0.25) is 0 Å². The molecule has 0 fully saturated rings. The minimum absolute atomic E-state index is 0.0192. The van der Waals surface area contributed by atoms with Gasteiger partial charge in [-0.25, -0.2) is 0 Å². The van der Waals surface area contributed by atoms with Crippen molar-refractivity contribution < 1.29 is 14.5 Å². The van der Waals surface area contributed by atoms with E-state index in [9.17, 15) is 14.9 Å². The van der Waals surface area contributed by atoms with Crippen molar-refractivity contribution in [1.82, 2.24) is 5.32 Å². The zero-order chi connectivity index (χ0) is 17.5. The Morgan fingerprint density at radius 1 is 1.33 bits per heavy atom. The number of hydrogen-bond donors (Lipinski definition) is 1. The molecule has 1 aromatic heterocycles. The normalized spacial score (nSPS) is 12.2. The minimum atomic E-state index is -0.461. The van der Waals surface area contributed by atoms with Crippen LogP contribution in [0.5, 0.6) is 0 Å². The number of benzene rings is 1. The number of nitro groups is 1. The second kappa shape index (κ2) is 8.37. The summed E-state index contributed by atoms with van der Waals surface area (Å²) in [6.07, 6.45) is 2.82. The summed E-state index contributed by atoms with van der Waals surface area (Å²) in [7, 11) is 1.61. The van der Waals surface area contributed by atoms with E-state index in [-0.39, 0.29) is 17.7 Å². The second-order valence-electron chi connectivity index (χ2n) is 5.10. The zero-order valence-corrected chi connectivity index (χ0v) is 14.2. The number of non-ortho nitro benzene ring substituents is 1. The minimum Gasteiger partial charge on any atom is -0.374 e. The van der Waals surface area contributed by atoms with Crippen LogP contribution in [0, 0.1) is 17.0 Å². The van der Waals surface area contributed by atoms with Gasteiger partial charge in [0.05, 0.1) is 4.92 Å². The highest BCUT2D eigenvalue weighted by Gasteiger charge is 2.13. The van der Waals surface area contributed by atoms with Crippen LogP contribution in [0.3, 0.4) is 0 Å². The summed E-state index contributed by atoms with van der Waals surface area (Å²) in [6.45, 7) is 2.40. The van der Waals surface area contributed by atoms with Crippen molar-refractivity contribution in [2.75, 3.05) is 13.7 Å². The molecular formula is C17H18N2O4S. The fourth-order valence-corrected chi connectivity index (χ4v) is 3.01. The first-order chi connectivity index (χ1) is 11.5. The van der Waals surface area contributed by atoms with Crippen molar-refractivity contribution in [2.45, 2.75) is 13.0 Å². The fraction of sp³-hybridized carbons (Fsp3) is 0.235. The number of aryl methyl sites for hydroxylation is 1. The number of ether oxygens (including phenoxy) is 1. The number of methoxy groups -OCH3 is 1. The topological polar surface area (TPSA) is 81.5 Å². The number of amides is 1. The summed E-state index contributed by atoms with van der Waals surface area (Å²) in [4.78, 5) is 24.3. The summed E-state index contributed by atoms with van der Waals surface area (Å²) in [5, 5.41) is 13.4. The monoisotopic (exact) mass is 346 g/mol. The van der Waals surface area contributed by atoms with Crippen molar-refractivity contribution in [3.63, 3.8) is 0 Å². The lowest BCUT2D eigenvalue weighted by atomic mass is 10.2. The predicted octanol–water partition coefficient (Wildman–Crippen LogP) is 3.48. The average molecular weight is 346 g/mol. The van der Waals surface area contributed by atoms with E-state index in [1.54, 1.807) is 36.7 Å². The first kappa shape index (κ1) is 17.8. The molecule has 0 saturated carbocycles. The SMILES string of the molecule is COC(CNC(=O)/C=C/c1ccc([N+](=O)[O-])cc1)c1ccc(C)s1. The molecule has 7 heteroatoms. The number of nitrogens with one attached hydrogen (secondary N) is 1. The highest BCUT2D eigenvalue weighted by molar-refractivity contribution is 7.12. The fourth-order valence-electron chi connectivity index (χ4n) is 2.06. The maximum absolute atomic E-state index is 11.9. The van der Waals surface area contributed by atoms with E-state index in [1.165, 1.54) is 23.1 Å². The molecule has 0 aliphatic carbocycles. The van der Waals surface area contributed by atoms with Gasteiger partial charge in [0.1, 0.15) is 6.10 Å². The second-order valence-corrected chi connectivity index (χ2v) is 6.42. The Hall–Kier alpha value is -2.51. The lowest BCUT2D eigenvalue weighted by Crippen LogP contribution is -2.27. The van der Waals surface area contributed by atoms with Crippen LogP contribution in [0.25, 0.3) is 6.08 Å². The predicted molar refractivity (Wildman–Crippen MR) is 93.9 cm³/mol. The third kappa shape index (κ3) is 5.00. The van der Waals surface area contributed by atoms with Crippen molar-refractivity contribution in [1.29, 1.82) is 0 Å². The summed E-state index contributed by atoms with van der Waals surface area (Å²) < 4.78 is 5.41. The molecule has 0 saturated heterocycles. The van der Waals surface area contributed by atoms with Gasteiger partial charge in [-0.05, 0) is 42.8 Å². The van der Waals surface area contributed by atoms with Crippen molar-refractivity contribution in [3.8, 4) is 0 Å². The third-order valence-electron chi connectivity index (χ3n) is 3.36. The lowest BCUT2D eigenvalue weighted by molar-refractivity contribution is -0.384. The number of carbonyl (C=O) groups excluding carboxylic acids is 1. The van der Waals surface area contributed by atoms with E-state index in [4.69, 9.17) is 4.74 Å². The van der Waals surface area contributed by atoms with Crippen molar-refractivity contribution in [2.24, 2.45) is 0 Å². The van der Waals surface area contributed by atoms with Gasteiger partial charge in [0.15, 0.2) is 0 Å². The van der Waals surface area contributed by atoms with Gasteiger partial charge < -0.3 is 10.1 Å². The van der Waals surface area contributed by atoms with E-state index in [0.717, 1.165) is 4.88 Å². The van der Waals surface area contributed by atoms with Gasteiger partial charge in [-0.1, -0.05) is 0 Å². The zero-order valence-electron chi connectivity index (χ0n) is 13.4. The molecule has 24 heavy (non-hydrogen) atoms. The highest BCUT2D eigenvalue weighted by atomic mass is 32.1. The number of nitrogens with zero attached hydrogens (tertiary/aromatic N) is 1. The molecule has 1 amide bonds. The van der Waals surface area contributed by atoms with Gasteiger partial charge in [0.2, 0.25) is 5.91 Å². The first-order valence-corrected chi connectivity index (χ1v) is 8.10. The number of nitro benzene ring substituents is 1. The van der Waals surface area contributed by atoms with Gasteiger partial charge in [0, 0.05) is 41.6 Å². The largest absolute Gasteiger partial charge is 0.374 e. The molecule has 1 atom stereocenters. The van der Waals surface area contributed by atoms with Gasteiger partial charge in [-0.3, -0.25) is 14.9 Å². The van der Waals surface area contributed by atoms with E-state index in [1.807, 2.05) is 19.1 Å². The summed E-state index contributed by atoms with van der Waals surface area (Å²) >= 11 is 1.64. The van der Waals surface area contributed by atoms with Crippen LogP contribution < -0.4 is 5.32 Å². The molecule has 0 radical (unpaired) electrons. The quantitative estimate of drug-likeness (QED) is 0.473. The molecule has 2 rings (SSSR count). The Morgan fingerprint density at radius 3 is 2.58 bits per heavy atom. The van der Waals surface area contributed by atoms with Gasteiger partial charge in [-0.2, -0.15) is 0 Å². The highest BCUT2D eigenvalue weighted by Crippen LogP contribution is 2.24. The Balaban J connectivity index is 1.89. The molecule has 0 aliphatic heterocycles. The van der Waals surface area contributed by atoms with Crippen LogP contribution in [0.4, 0.5) is 5.69 Å². The average Bonchev–Trinajstić information content (AvgIpc) is 3.00. The van der Waals surface area contributed by atoms with Crippen LogP contribution in [0.15, 0.2) is 42.5 Å². The molecule has 2 aromatic rings. The summed E-state index contributed by atoms with van der Waals surface area (Å²) in [6, 6.07) is 9.99. The first-order valence-electron chi connectivity index (χ1n) is 7.29. The molecule has 1 N–H and O–H groups in total. The van der Waals surface area contributed by atoms with E-state index in [2.05, 4.69) is 5.32 Å². The lowest BCUT2D eigenvalue weighted by Gasteiger charge is -2.13.